The fraction of sp³-hybridized carbons (Fsp3) is 0.250. The van der Waals surface area contributed by atoms with Gasteiger partial charge in [-0.25, -0.2) is 0 Å². The lowest BCUT2D eigenvalue weighted by atomic mass is 9.95. The summed E-state index contributed by atoms with van der Waals surface area (Å²) in [6, 6.07) is 35.3. The van der Waals surface area contributed by atoms with Crippen LogP contribution in [0.2, 0.25) is 0 Å². The first kappa shape index (κ1) is 30.3. The maximum atomic E-state index is 12.0. The van der Waals surface area contributed by atoms with Gasteiger partial charge in [-0.05, 0) is 33.4 Å². The van der Waals surface area contributed by atoms with Gasteiger partial charge in [0.05, 0.1) is 0 Å². The van der Waals surface area contributed by atoms with Crippen molar-refractivity contribution < 1.29 is 28.6 Å². The zero-order chi connectivity index (χ0) is 29.9. The Morgan fingerprint density at radius 3 is 1.05 bits per heavy atom. The molecule has 0 fully saturated rings. The average Bonchev–Trinajstić information content (AvgIpc) is 2.97. The minimum atomic E-state index is -0.477. The molecule has 0 N–H and O–H groups in total. The van der Waals surface area contributed by atoms with Gasteiger partial charge in [0.1, 0.15) is 18.3 Å². The largest absolute Gasteiger partial charge is 0.457 e. The number of rotatable bonds is 12. The Morgan fingerprint density at radius 1 is 0.429 bits per heavy atom. The predicted molar refractivity (Wildman–Crippen MR) is 160 cm³/mol. The van der Waals surface area contributed by atoms with Gasteiger partial charge in [0.15, 0.2) is 0 Å². The van der Waals surface area contributed by atoms with E-state index in [1.165, 1.54) is 20.8 Å². The van der Waals surface area contributed by atoms with Gasteiger partial charge in [-0.3, -0.25) is 14.4 Å². The first-order chi connectivity index (χ1) is 20.3. The summed E-state index contributed by atoms with van der Waals surface area (Å²) in [5.41, 5.74) is 5.74. The number of esters is 3. The lowest BCUT2D eigenvalue weighted by molar-refractivity contribution is -0.147. The van der Waals surface area contributed by atoms with Crippen LogP contribution >= 0.6 is 0 Å². The Kier molecular flexibility index (Phi) is 10.6. The molecule has 3 unspecified atom stereocenters. The maximum Gasteiger partial charge on any atom is 0.303 e. The molecule has 0 spiro atoms. The molecule has 0 saturated heterocycles. The molecule has 0 saturated carbocycles. The lowest BCUT2D eigenvalue weighted by Crippen LogP contribution is -2.13. The van der Waals surface area contributed by atoms with E-state index in [1.54, 1.807) is 0 Å². The van der Waals surface area contributed by atoms with E-state index in [1.807, 2.05) is 109 Å². The van der Waals surface area contributed by atoms with Crippen molar-refractivity contribution in [2.24, 2.45) is 0 Å². The van der Waals surface area contributed by atoms with E-state index in [9.17, 15) is 14.4 Å². The van der Waals surface area contributed by atoms with Crippen LogP contribution in [-0.2, 0) is 47.9 Å². The molecule has 0 aliphatic heterocycles. The molecule has 4 aromatic carbocycles. The minimum absolute atomic E-state index is 0.332. The third-order valence-electron chi connectivity index (χ3n) is 6.91. The first-order valence-corrected chi connectivity index (χ1v) is 14.0. The molecular formula is C36H36O6. The number of hydrogen-bond acceptors (Lipinski definition) is 6. The SMILES string of the molecule is CC(=O)OC(Cc1ccc(C(Cc2ccc(C(Cc3ccccc3)OC(C)=O)cc2)OC(C)=O)cc1)c1ccccc1. The molecule has 6 heteroatoms. The van der Waals surface area contributed by atoms with Crippen molar-refractivity contribution in [3.8, 4) is 0 Å². The van der Waals surface area contributed by atoms with Gasteiger partial charge in [0.2, 0.25) is 0 Å². The first-order valence-electron chi connectivity index (χ1n) is 14.0. The van der Waals surface area contributed by atoms with Gasteiger partial charge in [-0.15, -0.1) is 0 Å². The van der Waals surface area contributed by atoms with Crippen molar-refractivity contribution in [3.05, 3.63) is 143 Å². The summed E-state index contributed by atoms with van der Waals surface area (Å²) in [6.07, 6.45) is 0.309. The smallest absolute Gasteiger partial charge is 0.303 e. The normalized spacial score (nSPS) is 12.9. The highest BCUT2D eigenvalue weighted by Crippen LogP contribution is 2.28. The molecule has 0 bridgehead atoms. The van der Waals surface area contributed by atoms with Crippen LogP contribution in [0.25, 0.3) is 0 Å². The van der Waals surface area contributed by atoms with Gasteiger partial charge in [-0.2, -0.15) is 0 Å². The predicted octanol–water partition coefficient (Wildman–Crippen LogP) is 7.23. The van der Waals surface area contributed by atoms with Crippen molar-refractivity contribution in [1.29, 1.82) is 0 Å². The average molecular weight is 565 g/mol. The van der Waals surface area contributed by atoms with Gasteiger partial charge < -0.3 is 14.2 Å². The molecule has 0 aliphatic rings. The summed E-state index contributed by atoms with van der Waals surface area (Å²) >= 11 is 0. The van der Waals surface area contributed by atoms with Gasteiger partial charge in [0, 0.05) is 40.0 Å². The zero-order valence-corrected chi connectivity index (χ0v) is 24.2. The number of carbonyl (C=O) groups is 3. The monoisotopic (exact) mass is 564 g/mol. The second-order valence-electron chi connectivity index (χ2n) is 10.3. The highest BCUT2D eigenvalue weighted by atomic mass is 16.5. The van der Waals surface area contributed by atoms with E-state index < -0.39 is 18.3 Å². The van der Waals surface area contributed by atoms with Crippen molar-refractivity contribution >= 4 is 17.9 Å². The van der Waals surface area contributed by atoms with Crippen LogP contribution in [0.5, 0.6) is 0 Å². The van der Waals surface area contributed by atoms with Crippen molar-refractivity contribution in [1.82, 2.24) is 0 Å². The van der Waals surface area contributed by atoms with E-state index >= 15 is 0 Å². The van der Waals surface area contributed by atoms with Crippen LogP contribution < -0.4 is 0 Å². The van der Waals surface area contributed by atoms with Crippen molar-refractivity contribution in [2.45, 2.75) is 58.3 Å². The lowest BCUT2D eigenvalue weighted by Gasteiger charge is -2.21. The standard InChI is InChI=1S/C36H36O6/c1-25(37)40-34(31-12-8-5-9-13-31)23-29-14-20-33(21-15-29)36(42-27(3)39)24-30-16-18-32(19-17-30)35(41-26(2)38)22-28-10-6-4-7-11-28/h4-21,34-36H,22-24H2,1-3H3. The second-order valence-corrected chi connectivity index (χ2v) is 10.3. The van der Waals surface area contributed by atoms with Crippen LogP contribution in [0.4, 0.5) is 0 Å². The summed E-state index contributed by atoms with van der Waals surface area (Å²) in [5.74, 6) is -1.03. The molecule has 4 aromatic rings. The maximum absolute atomic E-state index is 12.0. The molecule has 0 heterocycles. The Labute approximate surface area is 247 Å². The number of benzene rings is 4. The van der Waals surface area contributed by atoms with Crippen molar-refractivity contribution in [3.63, 3.8) is 0 Å². The molecular weight excluding hydrogens is 528 g/mol. The molecule has 216 valence electrons. The summed E-state index contributed by atoms with van der Waals surface area (Å²) in [4.78, 5) is 35.5. The van der Waals surface area contributed by atoms with Crippen LogP contribution in [-0.4, -0.2) is 17.9 Å². The highest BCUT2D eigenvalue weighted by Gasteiger charge is 2.20. The molecule has 6 nitrogen and oxygen atoms in total. The number of carbonyl (C=O) groups excluding carboxylic acids is 3. The molecule has 0 aliphatic carbocycles. The van der Waals surface area contributed by atoms with E-state index in [-0.39, 0.29) is 17.9 Å². The van der Waals surface area contributed by atoms with E-state index in [0.717, 1.165) is 33.4 Å². The van der Waals surface area contributed by atoms with Crippen molar-refractivity contribution in [2.75, 3.05) is 0 Å². The van der Waals surface area contributed by atoms with Crippen LogP contribution in [0, 0.1) is 0 Å². The Morgan fingerprint density at radius 2 is 0.714 bits per heavy atom. The molecule has 0 amide bonds. The van der Waals surface area contributed by atoms with Crippen LogP contribution in [0.1, 0.15) is 72.5 Å². The fourth-order valence-electron chi connectivity index (χ4n) is 4.94. The van der Waals surface area contributed by atoms with Crippen LogP contribution in [0.15, 0.2) is 109 Å². The minimum Gasteiger partial charge on any atom is -0.457 e. The number of hydrogen-bond donors (Lipinski definition) is 0. The Bertz CT molecular complexity index is 1450. The Balaban J connectivity index is 1.48. The third-order valence-corrected chi connectivity index (χ3v) is 6.91. The Hall–Kier alpha value is -4.71. The van der Waals surface area contributed by atoms with E-state index in [0.29, 0.717) is 19.3 Å². The molecule has 3 atom stereocenters. The van der Waals surface area contributed by atoms with E-state index in [4.69, 9.17) is 14.2 Å². The topological polar surface area (TPSA) is 78.9 Å². The summed E-state index contributed by atoms with van der Waals surface area (Å²) in [5, 5.41) is 0. The van der Waals surface area contributed by atoms with Crippen LogP contribution in [0.3, 0.4) is 0 Å². The van der Waals surface area contributed by atoms with Gasteiger partial charge >= 0.3 is 17.9 Å². The summed E-state index contributed by atoms with van der Waals surface area (Å²) in [7, 11) is 0. The zero-order valence-electron chi connectivity index (χ0n) is 24.2. The summed E-state index contributed by atoms with van der Waals surface area (Å²) in [6.45, 7) is 4.23. The second kappa shape index (κ2) is 14.8. The molecule has 4 rings (SSSR count). The highest BCUT2D eigenvalue weighted by molar-refractivity contribution is 5.67. The number of ether oxygens (including phenoxy) is 3. The third kappa shape index (κ3) is 9.16. The quantitative estimate of drug-likeness (QED) is 0.133. The van der Waals surface area contributed by atoms with Gasteiger partial charge in [-0.1, -0.05) is 109 Å². The molecule has 0 radical (unpaired) electrons. The molecule has 42 heavy (non-hydrogen) atoms. The van der Waals surface area contributed by atoms with Gasteiger partial charge in [0.25, 0.3) is 0 Å². The van der Waals surface area contributed by atoms with E-state index in [2.05, 4.69) is 0 Å². The fourth-order valence-corrected chi connectivity index (χ4v) is 4.94. The summed E-state index contributed by atoms with van der Waals surface area (Å²) < 4.78 is 16.9. The molecule has 0 aromatic heterocycles.